The van der Waals surface area contributed by atoms with Crippen LogP contribution in [0, 0.1) is 11.3 Å². The Labute approximate surface area is 259 Å². The van der Waals surface area contributed by atoms with Crippen molar-refractivity contribution in [1.29, 1.82) is 0 Å². The van der Waals surface area contributed by atoms with Crippen LogP contribution < -0.4 is 16.0 Å². The van der Waals surface area contributed by atoms with Crippen LogP contribution in [0.15, 0.2) is 36.4 Å². The molecule has 1 aliphatic heterocycles. The molecule has 236 valence electrons. The number of anilines is 1. The zero-order valence-corrected chi connectivity index (χ0v) is 26.1. The average Bonchev–Trinajstić information content (AvgIpc) is 3.27. The molecule has 10 heteroatoms. The molecule has 0 aromatic heterocycles. The fourth-order valence-corrected chi connectivity index (χ4v) is 6.21. The van der Waals surface area contributed by atoms with E-state index in [0.29, 0.717) is 46.8 Å². The van der Waals surface area contributed by atoms with Gasteiger partial charge in [0.2, 0.25) is 0 Å². The Morgan fingerprint density at radius 1 is 0.977 bits per heavy atom. The van der Waals surface area contributed by atoms with Crippen molar-refractivity contribution in [2.45, 2.75) is 91.6 Å². The fourth-order valence-electron chi connectivity index (χ4n) is 6.21. The van der Waals surface area contributed by atoms with Gasteiger partial charge in [-0.3, -0.25) is 24.5 Å². The second kappa shape index (κ2) is 14.1. The molecular formula is C34H44N4O6. The van der Waals surface area contributed by atoms with E-state index in [1.165, 1.54) is 0 Å². The first-order chi connectivity index (χ1) is 20.9. The van der Waals surface area contributed by atoms with Crippen LogP contribution >= 0.6 is 0 Å². The molecule has 4 rings (SSSR count). The minimum atomic E-state index is -0.982. The number of amides is 5. The summed E-state index contributed by atoms with van der Waals surface area (Å²) >= 11 is 0. The van der Waals surface area contributed by atoms with Gasteiger partial charge in [-0.05, 0) is 85.3 Å². The molecule has 0 spiro atoms. The smallest absolute Gasteiger partial charge is 0.322 e. The van der Waals surface area contributed by atoms with E-state index in [-0.39, 0.29) is 36.4 Å². The van der Waals surface area contributed by atoms with Gasteiger partial charge in [-0.2, -0.15) is 0 Å². The number of nitrogens with zero attached hydrogens (tertiary/aromatic N) is 1. The van der Waals surface area contributed by atoms with Gasteiger partial charge in [0, 0.05) is 30.4 Å². The summed E-state index contributed by atoms with van der Waals surface area (Å²) in [5.74, 6) is -1.62. The van der Waals surface area contributed by atoms with E-state index in [1.54, 1.807) is 24.3 Å². The largest absolute Gasteiger partial charge is 0.481 e. The molecule has 0 unspecified atom stereocenters. The molecule has 0 bridgehead atoms. The monoisotopic (exact) mass is 604 g/mol. The average molecular weight is 605 g/mol. The zero-order chi connectivity index (χ0) is 32.0. The lowest BCUT2D eigenvalue weighted by Gasteiger charge is -2.41. The van der Waals surface area contributed by atoms with Crippen LogP contribution in [-0.4, -0.2) is 52.3 Å². The molecule has 1 heterocycles. The van der Waals surface area contributed by atoms with Gasteiger partial charge in [0.25, 0.3) is 17.7 Å². The van der Waals surface area contributed by atoms with Gasteiger partial charge < -0.3 is 20.6 Å². The summed E-state index contributed by atoms with van der Waals surface area (Å²) in [4.78, 5) is 64.1. The summed E-state index contributed by atoms with van der Waals surface area (Å²) in [5.41, 5.74) is 3.34. The zero-order valence-electron chi connectivity index (χ0n) is 26.1. The number of fused-ring (bicyclic) bond motifs is 1. The summed E-state index contributed by atoms with van der Waals surface area (Å²) in [6, 6.07) is 10.0. The van der Waals surface area contributed by atoms with Crippen LogP contribution in [0.2, 0.25) is 0 Å². The minimum absolute atomic E-state index is 0.00555. The van der Waals surface area contributed by atoms with E-state index >= 15 is 0 Å². The van der Waals surface area contributed by atoms with Gasteiger partial charge in [0.05, 0.1) is 17.5 Å². The predicted molar refractivity (Wildman–Crippen MR) is 168 cm³/mol. The lowest BCUT2D eigenvalue weighted by molar-refractivity contribution is -0.136. The second-order valence-electron chi connectivity index (χ2n) is 12.9. The lowest BCUT2D eigenvalue weighted by Crippen LogP contribution is -2.45. The van der Waals surface area contributed by atoms with Crippen LogP contribution in [0.1, 0.15) is 115 Å². The van der Waals surface area contributed by atoms with Crippen LogP contribution in [-0.2, 0) is 17.8 Å². The van der Waals surface area contributed by atoms with Crippen LogP contribution in [0.5, 0.6) is 0 Å². The molecule has 4 N–H and O–H groups in total. The maximum absolute atomic E-state index is 14.1. The Bertz CT molecular complexity index is 1400. The summed E-state index contributed by atoms with van der Waals surface area (Å²) in [6.45, 7) is 9.19. The van der Waals surface area contributed by atoms with Crippen LogP contribution in [0.25, 0.3) is 0 Å². The van der Waals surface area contributed by atoms with E-state index < -0.39 is 17.8 Å². The lowest BCUT2D eigenvalue weighted by atomic mass is 9.71. The number of imide groups is 1. The van der Waals surface area contributed by atoms with Gasteiger partial charge in [0.15, 0.2) is 0 Å². The topological polar surface area (TPSA) is 145 Å². The fraction of sp³-hybridized carbons (Fsp3) is 0.500. The van der Waals surface area contributed by atoms with Crippen LogP contribution in [0.3, 0.4) is 0 Å². The number of carboxylic acid groups (broad SMARTS) is 1. The van der Waals surface area contributed by atoms with Crippen molar-refractivity contribution in [3.05, 3.63) is 64.2 Å². The van der Waals surface area contributed by atoms with Crippen molar-refractivity contribution in [3.63, 3.8) is 0 Å². The first-order valence-electron chi connectivity index (χ1n) is 15.6. The van der Waals surface area contributed by atoms with Gasteiger partial charge in [-0.15, -0.1) is 0 Å². The third-order valence-corrected chi connectivity index (χ3v) is 8.85. The predicted octanol–water partition coefficient (Wildman–Crippen LogP) is 5.76. The number of aliphatic carboxylic acids is 1. The van der Waals surface area contributed by atoms with Gasteiger partial charge in [-0.25, -0.2) is 4.79 Å². The highest BCUT2D eigenvalue weighted by molar-refractivity contribution is 6.22. The number of urea groups is 1. The highest BCUT2D eigenvalue weighted by Crippen LogP contribution is 2.39. The van der Waals surface area contributed by atoms with E-state index in [4.69, 9.17) is 5.11 Å². The number of unbranched alkanes of at least 4 members (excludes halogenated alkanes) is 1. The van der Waals surface area contributed by atoms with Crippen molar-refractivity contribution in [3.8, 4) is 0 Å². The number of carbonyl (C=O) groups is 5. The molecule has 1 aliphatic carbocycles. The molecule has 5 amide bonds. The van der Waals surface area contributed by atoms with E-state index in [1.807, 2.05) is 24.0 Å². The van der Waals surface area contributed by atoms with Crippen molar-refractivity contribution >= 4 is 35.4 Å². The second-order valence-corrected chi connectivity index (χ2v) is 12.9. The molecule has 0 atom stereocenters. The van der Waals surface area contributed by atoms with Crippen LogP contribution in [0.4, 0.5) is 10.5 Å². The number of rotatable bonds is 11. The van der Waals surface area contributed by atoms with Crippen molar-refractivity contribution in [2.24, 2.45) is 11.3 Å². The number of hydrogen-bond donors (Lipinski definition) is 4. The maximum Gasteiger partial charge on any atom is 0.322 e. The summed E-state index contributed by atoms with van der Waals surface area (Å²) in [6.07, 6.45) is 5.85. The van der Waals surface area contributed by atoms with Crippen molar-refractivity contribution < 1.29 is 29.1 Å². The third-order valence-electron chi connectivity index (χ3n) is 8.85. The Kier molecular flexibility index (Phi) is 10.4. The number of benzene rings is 2. The van der Waals surface area contributed by atoms with E-state index in [2.05, 4.69) is 36.7 Å². The summed E-state index contributed by atoms with van der Waals surface area (Å²) < 4.78 is 0. The molecule has 1 saturated carbocycles. The number of nitrogens with one attached hydrogen (secondary N) is 3. The van der Waals surface area contributed by atoms with E-state index in [0.717, 1.165) is 44.1 Å². The third kappa shape index (κ3) is 7.84. The molecule has 2 aliphatic rings. The Balaban J connectivity index is 1.57. The highest BCUT2D eigenvalue weighted by atomic mass is 16.4. The molecule has 44 heavy (non-hydrogen) atoms. The molecule has 2 aromatic carbocycles. The maximum atomic E-state index is 14.1. The quantitative estimate of drug-likeness (QED) is 0.240. The normalized spacial score (nSPS) is 17.9. The molecule has 0 saturated heterocycles. The first kappa shape index (κ1) is 32.7. The van der Waals surface area contributed by atoms with Gasteiger partial charge >= 0.3 is 12.0 Å². The molecular weight excluding hydrogens is 560 g/mol. The summed E-state index contributed by atoms with van der Waals surface area (Å²) in [7, 11) is 0. The Morgan fingerprint density at radius 2 is 1.66 bits per heavy atom. The minimum Gasteiger partial charge on any atom is -0.481 e. The highest BCUT2D eigenvalue weighted by Gasteiger charge is 2.35. The number of carbonyl (C=O) groups excluding carboxylic acids is 4. The standard InChI is InChI=1S/C34H44N4O6/c1-5-6-7-25-27(17-16-26-29(25)32(43)37-31(26)42)36-33(44)38(24-14-12-23(13-15-24)34(2,3)4)20-21-8-10-22(11-9-21)30(41)35-19-18-28(39)40/h8-11,16-17,23-24H,5-7,12-15,18-20H2,1-4H3,(H,35,41)(H,36,44)(H,39,40)(H,37,42,43). The van der Waals surface area contributed by atoms with Gasteiger partial charge in [0.1, 0.15) is 0 Å². The first-order valence-corrected chi connectivity index (χ1v) is 15.6. The van der Waals surface area contributed by atoms with E-state index in [9.17, 15) is 24.0 Å². The SMILES string of the molecule is CCCCc1c(NC(=O)N(Cc2ccc(C(=O)NCCC(=O)O)cc2)C2CCC(C(C)(C)C)CC2)ccc2c1C(=O)NC2=O. The van der Waals surface area contributed by atoms with Gasteiger partial charge in [-0.1, -0.05) is 46.2 Å². The molecule has 10 nitrogen and oxygen atoms in total. The Morgan fingerprint density at radius 3 is 2.27 bits per heavy atom. The van der Waals surface area contributed by atoms with Crippen molar-refractivity contribution in [1.82, 2.24) is 15.5 Å². The molecule has 1 fully saturated rings. The van der Waals surface area contributed by atoms with Crippen molar-refractivity contribution in [2.75, 3.05) is 11.9 Å². The molecule has 2 aromatic rings. The Hall–Kier alpha value is -4.21. The number of carboxylic acids is 1. The molecule has 0 radical (unpaired) electrons. The summed E-state index contributed by atoms with van der Waals surface area (Å²) in [5, 5.41) is 16.9. The number of hydrogen-bond acceptors (Lipinski definition) is 5.